The summed E-state index contributed by atoms with van der Waals surface area (Å²) in [6.07, 6.45) is 4.84. The Morgan fingerprint density at radius 2 is 2.00 bits per heavy atom. The molecule has 166 valence electrons. The highest BCUT2D eigenvalue weighted by molar-refractivity contribution is 6.31. The minimum atomic E-state index is 0.145. The molecule has 2 aliphatic rings. The van der Waals surface area contributed by atoms with E-state index in [1.165, 1.54) is 12.8 Å². The number of carbonyl (C=O) groups excluding carboxylic acids is 1. The van der Waals surface area contributed by atoms with Gasteiger partial charge in [-0.1, -0.05) is 37.1 Å². The Hall–Kier alpha value is -2.31. The lowest BCUT2D eigenvalue weighted by atomic mass is 10.0. The molecule has 0 aliphatic carbocycles. The van der Waals surface area contributed by atoms with Crippen LogP contribution in [0.4, 0.5) is 11.5 Å². The van der Waals surface area contributed by atoms with Crippen molar-refractivity contribution in [2.75, 3.05) is 36.9 Å². The average molecular weight is 443 g/mol. The first-order valence-corrected chi connectivity index (χ1v) is 11.6. The Morgan fingerprint density at radius 3 is 2.77 bits per heavy atom. The summed E-state index contributed by atoms with van der Waals surface area (Å²) >= 11 is 6.49. The Labute approximate surface area is 189 Å². The summed E-state index contributed by atoms with van der Waals surface area (Å²) < 4.78 is 5.80. The van der Waals surface area contributed by atoms with E-state index in [0.29, 0.717) is 37.8 Å². The molecule has 0 radical (unpaired) electrons. The molecule has 31 heavy (non-hydrogen) atoms. The van der Waals surface area contributed by atoms with Crippen LogP contribution in [-0.4, -0.2) is 41.9 Å². The number of fused-ring (bicyclic) bond motifs is 1. The van der Waals surface area contributed by atoms with Gasteiger partial charge in [-0.15, -0.1) is 0 Å². The highest BCUT2D eigenvalue weighted by atomic mass is 35.5. The third-order valence-electron chi connectivity index (χ3n) is 6.02. The van der Waals surface area contributed by atoms with Gasteiger partial charge >= 0.3 is 0 Å². The van der Waals surface area contributed by atoms with Crippen molar-refractivity contribution in [2.45, 2.75) is 52.1 Å². The lowest BCUT2D eigenvalue weighted by Gasteiger charge is -2.31. The number of ether oxygens (including phenoxy) is 1. The molecule has 2 aromatic rings. The van der Waals surface area contributed by atoms with Crippen molar-refractivity contribution in [3.63, 3.8) is 0 Å². The number of nitrogens with zero attached hydrogens (tertiary/aromatic N) is 3. The second kappa shape index (κ2) is 9.88. The van der Waals surface area contributed by atoms with Crippen LogP contribution in [0.2, 0.25) is 5.02 Å². The molecule has 3 heterocycles. The summed E-state index contributed by atoms with van der Waals surface area (Å²) in [5.41, 5.74) is 10.2. The zero-order valence-electron chi connectivity index (χ0n) is 18.2. The zero-order valence-corrected chi connectivity index (χ0v) is 19.0. The lowest BCUT2D eigenvalue weighted by Crippen LogP contribution is -2.36. The number of benzene rings is 1. The Balaban J connectivity index is 1.57. The van der Waals surface area contributed by atoms with E-state index in [0.717, 1.165) is 59.9 Å². The molecule has 7 heteroatoms. The molecule has 4 rings (SSSR count). The van der Waals surface area contributed by atoms with Gasteiger partial charge in [-0.25, -0.2) is 0 Å². The first kappa shape index (κ1) is 21.9. The Bertz CT molecular complexity index is 943. The number of pyridine rings is 1. The summed E-state index contributed by atoms with van der Waals surface area (Å²) in [7, 11) is 0. The van der Waals surface area contributed by atoms with Crippen LogP contribution in [0.3, 0.4) is 0 Å². The van der Waals surface area contributed by atoms with Crippen LogP contribution in [0.5, 0.6) is 5.88 Å². The normalized spacial score (nSPS) is 16.6. The second-order valence-corrected chi connectivity index (χ2v) is 8.93. The quantitative estimate of drug-likeness (QED) is 0.617. The molecule has 2 N–H and O–H groups in total. The van der Waals surface area contributed by atoms with Crippen LogP contribution < -0.4 is 15.4 Å². The molecule has 0 amide bonds. The number of halogens is 1. The smallest absolute Gasteiger partial charge is 0.217 e. The molecule has 0 spiro atoms. The number of nitrogen functional groups attached to an aromatic ring is 1. The van der Waals surface area contributed by atoms with E-state index in [1.54, 1.807) is 0 Å². The van der Waals surface area contributed by atoms with Gasteiger partial charge in [0.1, 0.15) is 5.82 Å². The number of anilines is 2. The molecular weight excluding hydrogens is 412 g/mol. The molecule has 1 aromatic carbocycles. The van der Waals surface area contributed by atoms with Gasteiger partial charge in [0.2, 0.25) is 5.88 Å². The van der Waals surface area contributed by atoms with Gasteiger partial charge in [0.25, 0.3) is 0 Å². The maximum atomic E-state index is 12.4. The largest absolute Gasteiger partial charge is 0.478 e. The van der Waals surface area contributed by atoms with Gasteiger partial charge in [0.05, 0.1) is 18.8 Å². The number of Topliss-reactive ketones (excluding diaryl/α,β-unsaturated/α-hetero) is 1. The van der Waals surface area contributed by atoms with Crippen molar-refractivity contribution in [2.24, 2.45) is 0 Å². The minimum absolute atomic E-state index is 0.145. The predicted molar refractivity (Wildman–Crippen MR) is 125 cm³/mol. The summed E-state index contributed by atoms with van der Waals surface area (Å²) in [4.78, 5) is 21.3. The van der Waals surface area contributed by atoms with E-state index < -0.39 is 0 Å². The number of unbranched alkanes of at least 4 members (excludes halogenated alkanes) is 1. The van der Waals surface area contributed by atoms with Gasteiger partial charge in [0.15, 0.2) is 5.78 Å². The average Bonchev–Trinajstić information content (AvgIpc) is 3.25. The standard InChI is InChI=1S/C24H31ClN4O2/c1-2-3-10-31-23-13-22-20(24(26)27-23)12-19(30)16-29(22)14-17-6-7-21(25)18(11-17)15-28-8-4-5-9-28/h6-7,11,13H,2-5,8-10,12,14-16H2,1H3,(H2,26,27). The number of likely N-dealkylation sites (tertiary alicyclic amines) is 1. The topological polar surface area (TPSA) is 71.7 Å². The van der Waals surface area contributed by atoms with E-state index in [-0.39, 0.29) is 5.78 Å². The molecule has 2 aliphatic heterocycles. The minimum Gasteiger partial charge on any atom is -0.478 e. The first-order chi connectivity index (χ1) is 15.0. The number of rotatable bonds is 8. The van der Waals surface area contributed by atoms with Crippen molar-refractivity contribution >= 4 is 28.9 Å². The number of ketones is 1. The summed E-state index contributed by atoms with van der Waals surface area (Å²) in [5.74, 6) is 1.05. The fraction of sp³-hybridized carbons (Fsp3) is 0.500. The number of hydrogen-bond donors (Lipinski definition) is 1. The third kappa shape index (κ3) is 5.31. The highest BCUT2D eigenvalue weighted by Crippen LogP contribution is 2.34. The van der Waals surface area contributed by atoms with Gasteiger partial charge in [-0.2, -0.15) is 4.98 Å². The van der Waals surface area contributed by atoms with Crippen LogP contribution in [0, 0.1) is 0 Å². The van der Waals surface area contributed by atoms with Crippen LogP contribution in [0.25, 0.3) is 0 Å². The van der Waals surface area contributed by atoms with Gasteiger partial charge < -0.3 is 15.4 Å². The number of nitrogens with two attached hydrogens (primary N) is 1. The van der Waals surface area contributed by atoms with Crippen LogP contribution in [0.15, 0.2) is 24.3 Å². The number of carbonyl (C=O) groups is 1. The predicted octanol–water partition coefficient (Wildman–Crippen LogP) is 4.22. The summed E-state index contributed by atoms with van der Waals surface area (Å²) in [5, 5.41) is 0.797. The van der Waals surface area contributed by atoms with Crippen LogP contribution in [0.1, 0.15) is 49.3 Å². The third-order valence-corrected chi connectivity index (χ3v) is 6.38. The number of hydrogen-bond acceptors (Lipinski definition) is 6. The summed E-state index contributed by atoms with van der Waals surface area (Å²) in [6.45, 7) is 6.82. The van der Waals surface area contributed by atoms with E-state index in [2.05, 4.69) is 27.8 Å². The molecule has 1 fully saturated rings. The molecule has 0 unspecified atom stereocenters. The fourth-order valence-electron chi connectivity index (χ4n) is 4.35. The van der Waals surface area contributed by atoms with E-state index in [4.69, 9.17) is 22.1 Å². The van der Waals surface area contributed by atoms with Gasteiger partial charge in [0, 0.05) is 36.2 Å². The van der Waals surface area contributed by atoms with Crippen LogP contribution >= 0.6 is 11.6 Å². The molecule has 6 nitrogen and oxygen atoms in total. The fourth-order valence-corrected chi connectivity index (χ4v) is 4.53. The van der Waals surface area contributed by atoms with E-state index in [1.807, 2.05) is 18.2 Å². The zero-order chi connectivity index (χ0) is 21.8. The summed E-state index contributed by atoms with van der Waals surface area (Å²) in [6, 6.07) is 8.10. The van der Waals surface area contributed by atoms with Crippen molar-refractivity contribution in [3.05, 3.63) is 46.0 Å². The van der Waals surface area contributed by atoms with Crippen molar-refractivity contribution in [1.82, 2.24) is 9.88 Å². The Kier molecular flexibility index (Phi) is 6.98. The van der Waals surface area contributed by atoms with E-state index >= 15 is 0 Å². The molecule has 1 saturated heterocycles. The van der Waals surface area contributed by atoms with Crippen molar-refractivity contribution < 1.29 is 9.53 Å². The van der Waals surface area contributed by atoms with Crippen molar-refractivity contribution in [1.29, 1.82) is 0 Å². The molecule has 0 saturated carbocycles. The SMILES string of the molecule is CCCCOc1cc2c(c(N)n1)CC(=O)CN2Cc1ccc(Cl)c(CN2CCCC2)c1. The Morgan fingerprint density at radius 1 is 1.19 bits per heavy atom. The van der Waals surface area contributed by atoms with Gasteiger partial charge in [-0.05, 0) is 49.5 Å². The molecule has 1 aromatic heterocycles. The second-order valence-electron chi connectivity index (χ2n) is 8.53. The molecule has 0 bridgehead atoms. The lowest BCUT2D eigenvalue weighted by molar-refractivity contribution is -0.117. The maximum Gasteiger partial charge on any atom is 0.217 e. The molecule has 0 atom stereocenters. The molecular formula is C24H31ClN4O2. The van der Waals surface area contributed by atoms with E-state index in [9.17, 15) is 4.79 Å². The monoisotopic (exact) mass is 442 g/mol. The van der Waals surface area contributed by atoms with Gasteiger partial charge in [-0.3, -0.25) is 9.69 Å². The maximum absolute atomic E-state index is 12.4. The number of aromatic nitrogens is 1. The highest BCUT2D eigenvalue weighted by Gasteiger charge is 2.26. The van der Waals surface area contributed by atoms with Crippen molar-refractivity contribution in [3.8, 4) is 5.88 Å². The first-order valence-electron chi connectivity index (χ1n) is 11.2. The van der Waals surface area contributed by atoms with Crippen LogP contribution in [-0.2, 0) is 24.3 Å².